The molecule has 0 bridgehead atoms. The molecule has 0 spiro atoms. The second-order valence-electron chi connectivity index (χ2n) is 6.10. The Kier molecular flexibility index (Phi) is 6.33. The highest BCUT2D eigenvalue weighted by atomic mass is 16.4. The summed E-state index contributed by atoms with van der Waals surface area (Å²) in [5.41, 5.74) is 2.53. The molecule has 2 N–H and O–H groups in total. The molecule has 0 aliphatic rings. The van der Waals surface area contributed by atoms with Gasteiger partial charge in [-0.3, -0.25) is 9.48 Å². The molecule has 0 saturated heterocycles. The van der Waals surface area contributed by atoms with E-state index in [0.717, 1.165) is 24.1 Å². The Morgan fingerprint density at radius 3 is 2.60 bits per heavy atom. The zero-order chi connectivity index (χ0) is 18.4. The van der Waals surface area contributed by atoms with Crippen molar-refractivity contribution in [3.05, 3.63) is 52.8 Å². The molecule has 0 atom stereocenters. The average Bonchev–Trinajstić information content (AvgIpc) is 2.98. The van der Waals surface area contributed by atoms with Gasteiger partial charge in [-0.2, -0.15) is 5.10 Å². The van der Waals surface area contributed by atoms with E-state index in [-0.39, 0.29) is 11.5 Å². The number of aromatic carboxylic acids is 1. The first-order chi connectivity index (χ1) is 12.0. The van der Waals surface area contributed by atoms with Gasteiger partial charge in [0, 0.05) is 12.2 Å². The summed E-state index contributed by atoms with van der Waals surface area (Å²) in [5, 5.41) is 16.3. The summed E-state index contributed by atoms with van der Waals surface area (Å²) in [4.78, 5) is 23.3. The third-order valence-corrected chi connectivity index (χ3v) is 4.32. The summed E-state index contributed by atoms with van der Waals surface area (Å²) in [6.07, 6.45) is 2.51. The zero-order valence-electron chi connectivity index (χ0n) is 15.0. The summed E-state index contributed by atoms with van der Waals surface area (Å²) in [6, 6.07) is 8.85. The van der Waals surface area contributed by atoms with E-state index in [0.29, 0.717) is 24.7 Å². The summed E-state index contributed by atoms with van der Waals surface area (Å²) < 4.78 is 1.92. The van der Waals surface area contributed by atoms with Crippen molar-refractivity contribution in [1.82, 2.24) is 15.1 Å². The van der Waals surface area contributed by atoms with Gasteiger partial charge >= 0.3 is 5.97 Å². The van der Waals surface area contributed by atoms with Crippen LogP contribution in [0.3, 0.4) is 0 Å². The molecule has 1 aromatic carbocycles. The van der Waals surface area contributed by atoms with Crippen LogP contribution in [0, 0.1) is 6.92 Å². The van der Waals surface area contributed by atoms with Gasteiger partial charge in [-0.25, -0.2) is 4.79 Å². The van der Waals surface area contributed by atoms with Crippen molar-refractivity contribution in [2.24, 2.45) is 0 Å². The van der Waals surface area contributed by atoms with Gasteiger partial charge in [-0.1, -0.05) is 26.0 Å². The molecule has 0 fully saturated rings. The van der Waals surface area contributed by atoms with Crippen molar-refractivity contribution in [3.63, 3.8) is 0 Å². The lowest BCUT2D eigenvalue weighted by Gasteiger charge is -2.14. The van der Waals surface area contributed by atoms with E-state index in [4.69, 9.17) is 5.11 Å². The number of hydrogen-bond donors (Lipinski definition) is 2. The van der Waals surface area contributed by atoms with Gasteiger partial charge in [0.1, 0.15) is 5.69 Å². The molecule has 25 heavy (non-hydrogen) atoms. The minimum atomic E-state index is -0.951. The Labute approximate surface area is 147 Å². The van der Waals surface area contributed by atoms with Crippen LogP contribution in [-0.4, -0.2) is 33.3 Å². The van der Waals surface area contributed by atoms with Crippen LogP contribution in [0.25, 0.3) is 0 Å². The number of nitrogens with one attached hydrogen (secondary N) is 1. The highest BCUT2D eigenvalue weighted by molar-refractivity contribution is 5.92. The molecule has 6 nitrogen and oxygen atoms in total. The van der Waals surface area contributed by atoms with E-state index in [1.807, 2.05) is 17.7 Å². The minimum Gasteiger partial charge on any atom is -0.478 e. The number of carboxylic acid groups (broad SMARTS) is 1. The monoisotopic (exact) mass is 343 g/mol. The van der Waals surface area contributed by atoms with Crippen LogP contribution in [0.2, 0.25) is 0 Å². The van der Waals surface area contributed by atoms with Crippen LogP contribution in [-0.2, 0) is 6.42 Å². The van der Waals surface area contributed by atoms with Crippen molar-refractivity contribution in [2.75, 3.05) is 6.54 Å². The Morgan fingerprint density at radius 2 is 1.96 bits per heavy atom. The van der Waals surface area contributed by atoms with Crippen molar-refractivity contribution in [2.45, 2.75) is 46.1 Å². The molecule has 1 amide bonds. The summed E-state index contributed by atoms with van der Waals surface area (Å²) in [6.45, 7) is 6.61. The maximum Gasteiger partial charge on any atom is 0.335 e. The van der Waals surface area contributed by atoms with Crippen molar-refractivity contribution >= 4 is 11.9 Å². The van der Waals surface area contributed by atoms with Crippen LogP contribution in [0.5, 0.6) is 0 Å². The summed E-state index contributed by atoms with van der Waals surface area (Å²) in [5.74, 6) is -1.16. The molecule has 6 heteroatoms. The Bertz CT molecular complexity index is 748. The Morgan fingerprint density at radius 1 is 1.24 bits per heavy atom. The summed E-state index contributed by atoms with van der Waals surface area (Å²) >= 11 is 0. The van der Waals surface area contributed by atoms with E-state index in [1.165, 1.54) is 0 Å². The largest absolute Gasteiger partial charge is 0.478 e. The molecule has 1 heterocycles. The predicted molar refractivity (Wildman–Crippen MR) is 96.0 cm³/mol. The smallest absolute Gasteiger partial charge is 0.335 e. The molecule has 2 aromatic rings. The van der Waals surface area contributed by atoms with Gasteiger partial charge in [0.2, 0.25) is 0 Å². The first kappa shape index (κ1) is 18.7. The number of carbonyl (C=O) groups is 2. The van der Waals surface area contributed by atoms with Crippen LogP contribution < -0.4 is 5.32 Å². The van der Waals surface area contributed by atoms with Crippen molar-refractivity contribution in [1.29, 1.82) is 0 Å². The topological polar surface area (TPSA) is 84.2 Å². The van der Waals surface area contributed by atoms with E-state index in [9.17, 15) is 9.59 Å². The molecular formula is C19H25N3O3. The number of hydrogen-bond acceptors (Lipinski definition) is 3. The highest BCUT2D eigenvalue weighted by Crippen LogP contribution is 2.18. The number of carbonyl (C=O) groups excluding carboxylic acids is 1. The Balaban J connectivity index is 1.96. The molecule has 0 aliphatic heterocycles. The third-order valence-electron chi connectivity index (χ3n) is 4.32. The zero-order valence-corrected chi connectivity index (χ0v) is 15.0. The van der Waals surface area contributed by atoms with Gasteiger partial charge < -0.3 is 10.4 Å². The number of aryl methyl sites for hydroxylation is 1. The van der Waals surface area contributed by atoms with E-state index < -0.39 is 5.97 Å². The molecule has 0 unspecified atom stereocenters. The van der Waals surface area contributed by atoms with Crippen LogP contribution in [0.1, 0.15) is 64.8 Å². The number of amides is 1. The molecule has 1 aromatic heterocycles. The highest BCUT2D eigenvalue weighted by Gasteiger charge is 2.16. The quantitative estimate of drug-likeness (QED) is 0.771. The normalized spacial score (nSPS) is 10.9. The molecule has 0 radical (unpaired) electrons. The summed E-state index contributed by atoms with van der Waals surface area (Å²) in [7, 11) is 0. The molecule has 0 aliphatic carbocycles. The van der Waals surface area contributed by atoms with Gasteiger partial charge in [-0.15, -0.1) is 0 Å². The lowest BCUT2D eigenvalue weighted by molar-refractivity contribution is 0.0696. The van der Waals surface area contributed by atoms with Crippen LogP contribution in [0.15, 0.2) is 30.3 Å². The van der Waals surface area contributed by atoms with Gasteiger partial charge in [0.15, 0.2) is 0 Å². The predicted octanol–water partition coefficient (Wildman–Crippen LogP) is 3.22. The van der Waals surface area contributed by atoms with E-state index in [1.54, 1.807) is 24.3 Å². The number of benzene rings is 1. The maximum atomic E-state index is 12.3. The fourth-order valence-corrected chi connectivity index (χ4v) is 2.87. The van der Waals surface area contributed by atoms with Gasteiger partial charge in [-0.05, 0) is 49.9 Å². The second kappa shape index (κ2) is 8.46. The fourth-order valence-electron chi connectivity index (χ4n) is 2.87. The first-order valence-electron chi connectivity index (χ1n) is 8.62. The molecule has 2 rings (SSSR count). The van der Waals surface area contributed by atoms with E-state index >= 15 is 0 Å². The average molecular weight is 343 g/mol. The molecule has 134 valence electrons. The first-order valence-corrected chi connectivity index (χ1v) is 8.62. The maximum absolute atomic E-state index is 12.3. The van der Waals surface area contributed by atoms with E-state index in [2.05, 4.69) is 24.3 Å². The van der Waals surface area contributed by atoms with Crippen molar-refractivity contribution in [3.8, 4) is 0 Å². The minimum absolute atomic E-state index is 0.206. The van der Waals surface area contributed by atoms with Gasteiger partial charge in [0.25, 0.3) is 5.91 Å². The Hall–Kier alpha value is -2.63. The van der Waals surface area contributed by atoms with Crippen LogP contribution in [0.4, 0.5) is 0 Å². The third kappa shape index (κ3) is 4.68. The van der Waals surface area contributed by atoms with Crippen molar-refractivity contribution < 1.29 is 14.7 Å². The molecule has 0 saturated carbocycles. The number of carboxylic acids is 1. The van der Waals surface area contributed by atoms with Crippen LogP contribution >= 0.6 is 0 Å². The number of aromatic nitrogens is 2. The number of rotatable bonds is 8. The molecular weight excluding hydrogens is 318 g/mol. The second-order valence-corrected chi connectivity index (χ2v) is 6.10. The lowest BCUT2D eigenvalue weighted by Crippen LogP contribution is -2.26. The van der Waals surface area contributed by atoms with Gasteiger partial charge in [0.05, 0.1) is 11.6 Å². The number of nitrogens with zero attached hydrogens (tertiary/aromatic N) is 2. The SMILES string of the molecule is CCC(CC)n1nc(C(=O)NCCc2cccc(C(=O)O)c2)cc1C. The fraction of sp³-hybridized carbons (Fsp3) is 0.421. The lowest BCUT2D eigenvalue weighted by atomic mass is 10.1. The standard InChI is InChI=1S/C19H25N3O3/c1-4-16(5-2)22-13(3)11-17(21-22)18(23)20-10-9-14-7-6-8-15(12-14)19(24)25/h6-8,11-12,16H,4-5,9-10H2,1-3H3,(H,20,23)(H,24,25).